The molecular weight excluding hydrogens is 224 g/mol. The van der Waals surface area contributed by atoms with Crippen molar-refractivity contribution < 1.29 is 4.79 Å². The zero-order valence-electron chi connectivity index (χ0n) is 9.91. The van der Waals surface area contributed by atoms with Crippen LogP contribution in [0.4, 0.5) is 0 Å². The summed E-state index contributed by atoms with van der Waals surface area (Å²) < 4.78 is 0. The number of carbonyl (C=O) groups excluding carboxylic acids is 1. The number of nitrogens with zero attached hydrogens (tertiary/aromatic N) is 1. The third-order valence-corrected chi connectivity index (χ3v) is 3.81. The molecule has 1 aliphatic carbocycles. The van der Waals surface area contributed by atoms with E-state index in [1.807, 2.05) is 4.90 Å². The molecule has 3 nitrogen and oxygen atoms in total. The molecule has 0 bridgehead atoms. The summed E-state index contributed by atoms with van der Waals surface area (Å²) in [5.41, 5.74) is 5.68. The van der Waals surface area contributed by atoms with E-state index in [2.05, 4.69) is 0 Å². The van der Waals surface area contributed by atoms with Gasteiger partial charge in [-0.25, -0.2) is 0 Å². The average Bonchev–Trinajstić information content (AvgIpc) is 2.54. The van der Waals surface area contributed by atoms with Crippen LogP contribution >= 0.6 is 12.4 Å². The Labute approximate surface area is 104 Å². The fraction of sp³-hybridized carbons (Fsp3) is 0.917. The van der Waals surface area contributed by atoms with Crippen LogP contribution in [0.3, 0.4) is 0 Å². The van der Waals surface area contributed by atoms with E-state index in [1.165, 1.54) is 12.8 Å². The van der Waals surface area contributed by atoms with Crippen molar-refractivity contribution >= 4 is 18.3 Å². The highest BCUT2D eigenvalue weighted by Crippen LogP contribution is 2.29. The molecule has 1 aliphatic heterocycles. The third-order valence-electron chi connectivity index (χ3n) is 3.81. The van der Waals surface area contributed by atoms with E-state index in [9.17, 15) is 4.79 Å². The van der Waals surface area contributed by atoms with Crippen molar-refractivity contribution in [1.82, 2.24) is 4.90 Å². The van der Waals surface area contributed by atoms with E-state index in [0.717, 1.165) is 51.6 Å². The molecule has 0 aromatic heterocycles. The molecule has 0 atom stereocenters. The lowest BCUT2D eigenvalue weighted by molar-refractivity contribution is -0.136. The molecule has 1 heterocycles. The lowest BCUT2D eigenvalue weighted by Crippen LogP contribution is -2.53. The monoisotopic (exact) mass is 246 g/mol. The van der Waals surface area contributed by atoms with Gasteiger partial charge in [0.05, 0.1) is 5.54 Å². The van der Waals surface area contributed by atoms with Gasteiger partial charge in [0.2, 0.25) is 5.91 Å². The van der Waals surface area contributed by atoms with Crippen LogP contribution in [0.2, 0.25) is 0 Å². The Morgan fingerprint density at radius 1 is 0.938 bits per heavy atom. The molecule has 16 heavy (non-hydrogen) atoms. The van der Waals surface area contributed by atoms with Crippen LogP contribution in [-0.4, -0.2) is 29.4 Å². The van der Waals surface area contributed by atoms with Crippen LogP contribution in [0.5, 0.6) is 0 Å². The van der Waals surface area contributed by atoms with Crippen molar-refractivity contribution in [3.8, 4) is 0 Å². The number of rotatable bonds is 1. The number of hydrogen-bond donors (Lipinski definition) is 1. The SMILES string of the molecule is Cl.NC1(C(=O)N2CCCCCC2)CCCC1. The zero-order chi connectivity index (χ0) is 10.7. The fourth-order valence-electron chi connectivity index (χ4n) is 2.81. The van der Waals surface area contributed by atoms with E-state index in [1.54, 1.807) is 0 Å². The number of nitrogens with two attached hydrogens (primary N) is 1. The van der Waals surface area contributed by atoms with Crippen molar-refractivity contribution in [3.05, 3.63) is 0 Å². The van der Waals surface area contributed by atoms with E-state index in [4.69, 9.17) is 5.73 Å². The maximum Gasteiger partial charge on any atom is 0.242 e. The standard InChI is InChI=1S/C12H22N2O.ClH/c13-12(7-3-4-8-12)11(15)14-9-5-1-2-6-10-14;/h1-10,13H2;1H. The minimum Gasteiger partial charge on any atom is -0.341 e. The van der Waals surface area contributed by atoms with Crippen LogP contribution in [0.15, 0.2) is 0 Å². The first kappa shape index (κ1) is 13.8. The van der Waals surface area contributed by atoms with E-state index in [0.29, 0.717) is 0 Å². The van der Waals surface area contributed by atoms with E-state index >= 15 is 0 Å². The molecule has 1 saturated carbocycles. The first-order valence-corrected chi connectivity index (χ1v) is 6.31. The second-order valence-electron chi connectivity index (χ2n) is 5.07. The third kappa shape index (κ3) is 2.89. The van der Waals surface area contributed by atoms with Gasteiger partial charge in [0.1, 0.15) is 0 Å². The van der Waals surface area contributed by atoms with Crippen molar-refractivity contribution in [1.29, 1.82) is 0 Å². The lowest BCUT2D eigenvalue weighted by Gasteiger charge is -2.30. The highest BCUT2D eigenvalue weighted by atomic mass is 35.5. The van der Waals surface area contributed by atoms with Crippen LogP contribution < -0.4 is 5.73 Å². The van der Waals surface area contributed by atoms with Gasteiger partial charge in [-0.1, -0.05) is 25.7 Å². The van der Waals surface area contributed by atoms with Crippen LogP contribution in [0, 0.1) is 0 Å². The van der Waals surface area contributed by atoms with Crippen molar-refractivity contribution in [2.24, 2.45) is 5.73 Å². The Morgan fingerprint density at radius 3 is 1.94 bits per heavy atom. The number of likely N-dealkylation sites (tertiary alicyclic amines) is 1. The van der Waals surface area contributed by atoms with Gasteiger partial charge < -0.3 is 10.6 Å². The Kier molecular flexibility index (Phi) is 5.06. The Morgan fingerprint density at radius 2 is 1.44 bits per heavy atom. The van der Waals surface area contributed by atoms with Gasteiger partial charge >= 0.3 is 0 Å². The molecule has 0 radical (unpaired) electrons. The summed E-state index contributed by atoms with van der Waals surface area (Å²) in [6.07, 6.45) is 8.86. The average molecular weight is 247 g/mol. The molecule has 1 saturated heterocycles. The number of amides is 1. The predicted octanol–water partition coefficient (Wildman–Crippen LogP) is 2.08. The normalized spacial score (nSPS) is 24.7. The molecule has 0 unspecified atom stereocenters. The van der Waals surface area contributed by atoms with Crippen LogP contribution in [0.1, 0.15) is 51.4 Å². The minimum atomic E-state index is -0.510. The summed E-state index contributed by atoms with van der Waals surface area (Å²) in [5, 5.41) is 0. The second-order valence-corrected chi connectivity index (χ2v) is 5.07. The fourth-order valence-corrected chi connectivity index (χ4v) is 2.81. The van der Waals surface area contributed by atoms with Gasteiger partial charge in [-0.2, -0.15) is 0 Å². The van der Waals surface area contributed by atoms with Gasteiger partial charge in [0.25, 0.3) is 0 Å². The molecule has 0 spiro atoms. The molecule has 2 fully saturated rings. The van der Waals surface area contributed by atoms with Gasteiger partial charge in [-0.15, -0.1) is 12.4 Å². The number of halogens is 1. The summed E-state index contributed by atoms with van der Waals surface area (Å²) in [4.78, 5) is 14.3. The Balaban J connectivity index is 0.00000128. The second kappa shape index (κ2) is 5.87. The molecule has 2 N–H and O–H groups in total. The van der Waals surface area contributed by atoms with Gasteiger partial charge in [0, 0.05) is 13.1 Å². The van der Waals surface area contributed by atoms with Crippen LogP contribution in [-0.2, 0) is 4.79 Å². The summed E-state index contributed by atoms with van der Waals surface area (Å²) in [5.74, 6) is 0.224. The van der Waals surface area contributed by atoms with Gasteiger partial charge in [-0.3, -0.25) is 4.79 Å². The molecule has 0 aromatic carbocycles. The largest absolute Gasteiger partial charge is 0.341 e. The quantitative estimate of drug-likeness (QED) is 0.770. The molecule has 4 heteroatoms. The lowest BCUT2D eigenvalue weighted by atomic mass is 9.97. The topological polar surface area (TPSA) is 46.3 Å². The first-order valence-electron chi connectivity index (χ1n) is 6.31. The van der Waals surface area contributed by atoms with E-state index in [-0.39, 0.29) is 18.3 Å². The maximum absolute atomic E-state index is 12.3. The van der Waals surface area contributed by atoms with Crippen LogP contribution in [0.25, 0.3) is 0 Å². The highest BCUT2D eigenvalue weighted by molar-refractivity contribution is 5.86. The minimum absolute atomic E-state index is 0. The summed E-state index contributed by atoms with van der Waals surface area (Å²) in [6.45, 7) is 1.86. The predicted molar refractivity (Wildman–Crippen MR) is 67.7 cm³/mol. The highest BCUT2D eigenvalue weighted by Gasteiger charge is 2.39. The van der Waals surface area contributed by atoms with Crippen molar-refractivity contribution in [3.63, 3.8) is 0 Å². The van der Waals surface area contributed by atoms with Gasteiger partial charge in [0.15, 0.2) is 0 Å². The van der Waals surface area contributed by atoms with Crippen molar-refractivity contribution in [2.75, 3.05) is 13.1 Å². The molecule has 94 valence electrons. The molecule has 2 rings (SSSR count). The summed E-state index contributed by atoms with van der Waals surface area (Å²) >= 11 is 0. The first-order chi connectivity index (χ1) is 7.22. The van der Waals surface area contributed by atoms with E-state index < -0.39 is 5.54 Å². The summed E-state index contributed by atoms with van der Waals surface area (Å²) in [7, 11) is 0. The maximum atomic E-state index is 12.3. The smallest absolute Gasteiger partial charge is 0.242 e. The zero-order valence-corrected chi connectivity index (χ0v) is 10.7. The molecule has 1 amide bonds. The molecule has 0 aromatic rings. The van der Waals surface area contributed by atoms with Gasteiger partial charge in [-0.05, 0) is 25.7 Å². The number of carbonyl (C=O) groups is 1. The summed E-state index contributed by atoms with van der Waals surface area (Å²) in [6, 6.07) is 0. The molecular formula is C12H23ClN2O. The number of hydrogen-bond acceptors (Lipinski definition) is 2. The Hall–Kier alpha value is -0.280. The molecule has 2 aliphatic rings. The Bertz CT molecular complexity index is 231. The van der Waals surface area contributed by atoms with Crippen molar-refractivity contribution in [2.45, 2.75) is 56.9 Å².